The maximum Gasteiger partial charge on any atom is 0.226 e. The first-order valence-corrected chi connectivity index (χ1v) is 16.3. The van der Waals surface area contributed by atoms with Crippen molar-refractivity contribution in [3.8, 4) is 11.5 Å². The molecule has 1 amide bonds. The smallest absolute Gasteiger partial charge is 0.226 e. The van der Waals surface area contributed by atoms with Gasteiger partial charge in [-0.1, -0.05) is 31.4 Å². The minimum atomic E-state index is -0.506. The van der Waals surface area contributed by atoms with E-state index in [1.54, 1.807) is 31.5 Å². The van der Waals surface area contributed by atoms with Gasteiger partial charge in [0.15, 0.2) is 11.5 Å². The molecule has 0 saturated carbocycles. The molecule has 1 aliphatic rings. The largest absolute Gasteiger partial charge is 0.493 e. The predicted octanol–water partition coefficient (Wildman–Crippen LogP) is 6.17. The Balaban J connectivity index is 1.23. The van der Waals surface area contributed by atoms with Crippen molar-refractivity contribution < 1.29 is 23.5 Å². The number of nitrogens with zero attached hydrogens (tertiary/aromatic N) is 4. The van der Waals surface area contributed by atoms with Gasteiger partial charge in [0.2, 0.25) is 5.91 Å². The Kier molecular flexibility index (Phi) is 11.6. The normalized spacial score (nSPS) is 14.1. The molecule has 0 unspecified atom stereocenters. The highest BCUT2D eigenvalue weighted by Crippen LogP contribution is 2.35. The van der Waals surface area contributed by atoms with E-state index >= 15 is 0 Å². The monoisotopic (exact) mass is 665 g/mol. The molecule has 1 fully saturated rings. The number of nitrogens with one attached hydrogen (secondary N) is 3. The maximum absolute atomic E-state index is 13.7. The Bertz CT molecular complexity index is 1690. The number of rotatable bonds is 17. The molecule has 13 heteroatoms. The lowest BCUT2D eigenvalue weighted by Gasteiger charge is -2.35. The third-order valence-electron chi connectivity index (χ3n) is 8.30. The van der Waals surface area contributed by atoms with Gasteiger partial charge in [-0.2, -0.15) is 0 Å². The van der Waals surface area contributed by atoms with Crippen LogP contribution in [-0.2, 0) is 16.0 Å². The molecule has 3 heterocycles. The number of carbonyl (C=O) groups excluding carboxylic acids is 2. The summed E-state index contributed by atoms with van der Waals surface area (Å²) in [5.41, 5.74) is 2.08. The van der Waals surface area contributed by atoms with Crippen LogP contribution in [0.3, 0.4) is 0 Å². The van der Waals surface area contributed by atoms with E-state index < -0.39 is 5.82 Å². The summed E-state index contributed by atoms with van der Waals surface area (Å²) < 4.78 is 25.4. The number of aromatic amines is 1. The Labute approximate surface area is 278 Å². The lowest BCUT2D eigenvalue weighted by Crippen LogP contribution is -2.52. The van der Waals surface area contributed by atoms with Gasteiger partial charge in [0.1, 0.15) is 29.6 Å². The first kappa shape index (κ1) is 34.1. The van der Waals surface area contributed by atoms with Crippen LogP contribution in [-0.4, -0.2) is 70.4 Å². The van der Waals surface area contributed by atoms with E-state index in [4.69, 9.17) is 21.1 Å². The number of hydrogen-bond acceptors (Lipinski definition) is 9. The standard InChI is InChI=1S/C34H41ClFN7O4/c1-4-24(44)8-6-5-7-9-28(42-34(45)21-18-43(2)19-21)33-37-17-23(41-33)12-13-47-31-15-25-29(16-30(31)46-3)38-20-39-32(25)40-22-10-11-27(36)26(35)14-22/h10-11,14-17,20-21,28H,4-9,12-13,18-19H2,1-3H3,(H,37,41)(H,42,45)(H,38,39,40)/t28-/m0/s1. The lowest BCUT2D eigenvalue weighted by atomic mass is 9.98. The van der Waals surface area contributed by atoms with Gasteiger partial charge in [-0.15, -0.1) is 0 Å². The van der Waals surface area contributed by atoms with Crippen molar-refractivity contribution in [2.24, 2.45) is 5.92 Å². The SMILES string of the molecule is CCC(=O)CCCCC[C@H](NC(=O)C1CN(C)C1)c1ncc(CCOc2cc3c(Nc4ccc(F)c(Cl)c4)ncnc3cc2OC)[nH]1. The molecule has 250 valence electrons. The summed E-state index contributed by atoms with van der Waals surface area (Å²) in [5, 5.41) is 7.06. The van der Waals surface area contributed by atoms with Crippen LogP contribution in [0, 0.1) is 11.7 Å². The first-order valence-electron chi connectivity index (χ1n) is 16.0. The highest BCUT2D eigenvalue weighted by atomic mass is 35.5. The van der Waals surface area contributed by atoms with Gasteiger partial charge in [0.05, 0.1) is 36.2 Å². The van der Waals surface area contributed by atoms with Crippen molar-refractivity contribution in [2.75, 3.05) is 39.2 Å². The van der Waals surface area contributed by atoms with Gasteiger partial charge in [0.25, 0.3) is 0 Å². The Morgan fingerprint density at radius 3 is 2.70 bits per heavy atom. The second-order valence-electron chi connectivity index (χ2n) is 11.9. The minimum absolute atomic E-state index is 0.000941. The van der Waals surface area contributed by atoms with Crippen molar-refractivity contribution in [1.82, 2.24) is 30.2 Å². The number of halogens is 2. The van der Waals surface area contributed by atoms with Crippen molar-refractivity contribution in [3.63, 3.8) is 0 Å². The number of likely N-dealkylation sites (tertiary alicyclic amines) is 1. The second-order valence-corrected chi connectivity index (χ2v) is 12.3. The average molecular weight is 666 g/mol. The van der Waals surface area contributed by atoms with E-state index in [-0.39, 0.29) is 28.7 Å². The molecule has 1 atom stereocenters. The van der Waals surface area contributed by atoms with Crippen molar-refractivity contribution >= 4 is 45.7 Å². The summed E-state index contributed by atoms with van der Waals surface area (Å²) in [6.45, 7) is 3.72. The van der Waals surface area contributed by atoms with Crippen molar-refractivity contribution in [1.29, 1.82) is 0 Å². The van der Waals surface area contributed by atoms with E-state index in [0.29, 0.717) is 65.6 Å². The number of benzene rings is 2. The summed E-state index contributed by atoms with van der Waals surface area (Å²) in [5.74, 6) is 2.04. The third-order valence-corrected chi connectivity index (χ3v) is 8.59. The molecule has 5 rings (SSSR count). The molecule has 0 bridgehead atoms. The molecule has 1 saturated heterocycles. The van der Waals surface area contributed by atoms with Crippen molar-refractivity contribution in [3.05, 3.63) is 65.2 Å². The number of fused-ring (bicyclic) bond motifs is 1. The van der Waals surface area contributed by atoms with Gasteiger partial charge in [-0.25, -0.2) is 19.3 Å². The molecule has 1 aliphatic heterocycles. The zero-order valence-corrected chi connectivity index (χ0v) is 27.7. The van der Waals surface area contributed by atoms with Crippen LogP contribution in [0.15, 0.2) is 42.9 Å². The van der Waals surface area contributed by atoms with Crippen LogP contribution < -0.4 is 20.1 Å². The summed E-state index contributed by atoms with van der Waals surface area (Å²) in [4.78, 5) is 43.5. The number of anilines is 2. The molecule has 2 aromatic heterocycles. The summed E-state index contributed by atoms with van der Waals surface area (Å²) in [7, 11) is 3.56. The summed E-state index contributed by atoms with van der Waals surface area (Å²) in [6.07, 6.45) is 8.28. The number of aromatic nitrogens is 4. The molecule has 4 aromatic rings. The van der Waals surface area contributed by atoms with Gasteiger partial charge in [0, 0.05) is 61.4 Å². The molecule has 2 aromatic carbocycles. The maximum atomic E-state index is 13.7. The number of ether oxygens (including phenoxy) is 2. The summed E-state index contributed by atoms with van der Waals surface area (Å²) in [6, 6.07) is 7.68. The van der Waals surface area contributed by atoms with Gasteiger partial charge in [-0.05, 0) is 44.2 Å². The highest BCUT2D eigenvalue weighted by molar-refractivity contribution is 6.31. The van der Waals surface area contributed by atoms with Gasteiger partial charge in [-0.3, -0.25) is 9.59 Å². The van der Waals surface area contributed by atoms with Gasteiger partial charge >= 0.3 is 0 Å². The fraction of sp³-hybridized carbons (Fsp3) is 0.441. The van der Waals surface area contributed by atoms with Crippen LogP contribution >= 0.6 is 11.6 Å². The molecule has 3 N–H and O–H groups in total. The van der Waals surface area contributed by atoms with E-state index in [1.165, 1.54) is 18.5 Å². The molecule has 0 radical (unpaired) electrons. The summed E-state index contributed by atoms with van der Waals surface area (Å²) >= 11 is 5.96. The fourth-order valence-electron chi connectivity index (χ4n) is 5.55. The van der Waals surface area contributed by atoms with E-state index in [2.05, 4.69) is 35.5 Å². The van der Waals surface area contributed by atoms with E-state index in [1.807, 2.05) is 14.0 Å². The molecule has 0 spiro atoms. The van der Waals surface area contributed by atoms with Crippen molar-refractivity contribution in [2.45, 2.75) is 57.9 Å². The Morgan fingerprint density at radius 2 is 1.96 bits per heavy atom. The zero-order valence-electron chi connectivity index (χ0n) is 26.9. The number of unbranched alkanes of at least 4 members (excludes halogenated alkanes) is 2. The number of H-pyrrole nitrogens is 1. The quantitative estimate of drug-likeness (QED) is 0.113. The fourth-order valence-corrected chi connectivity index (χ4v) is 5.73. The Morgan fingerprint density at radius 1 is 1.13 bits per heavy atom. The van der Waals surface area contributed by atoms with Gasteiger partial charge < -0.3 is 30.0 Å². The minimum Gasteiger partial charge on any atom is -0.493 e. The number of amides is 1. The lowest BCUT2D eigenvalue weighted by molar-refractivity contribution is -0.130. The van der Waals surface area contributed by atoms with Crippen LogP contribution in [0.1, 0.15) is 63.0 Å². The molecule has 47 heavy (non-hydrogen) atoms. The zero-order chi connectivity index (χ0) is 33.3. The molecule has 11 nitrogen and oxygen atoms in total. The third kappa shape index (κ3) is 8.95. The molecule has 0 aliphatic carbocycles. The topological polar surface area (TPSA) is 134 Å². The van der Waals surface area contributed by atoms with E-state index in [0.717, 1.165) is 44.5 Å². The number of hydrogen-bond donors (Lipinski definition) is 3. The number of Topliss-reactive ketones (excluding diaryl/α,β-unsaturated/α-hetero) is 1. The first-order chi connectivity index (χ1) is 22.7. The van der Waals surface area contributed by atoms with Crippen LogP contribution in [0.2, 0.25) is 5.02 Å². The Hall–Kier alpha value is -4.29. The molecular formula is C34H41ClFN7O4. The molecular weight excluding hydrogens is 625 g/mol. The highest BCUT2D eigenvalue weighted by Gasteiger charge is 2.31. The number of carbonyl (C=O) groups is 2. The average Bonchev–Trinajstić information content (AvgIpc) is 3.52. The second kappa shape index (κ2) is 16.0. The van der Waals surface area contributed by atoms with Crippen LogP contribution in [0.25, 0.3) is 10.9 Å². The predicted molar refractivity (Wildman–Crippen MR) is 179 cm³/mol. The van der Waals surface area contributed by atoms with Crippen LogP contribution in [0.4, 0.5) is 15.9 Å². The van der Waals surface area contributed by atoms with E-state index in [9.17, 15) is 14.0 Å². The van der Waals surface area contributed by atoms with Crippen LogP contribution in [0.5, 0.6) is 11.5 Å². The number of methoxy groups -OCH3 is 1. The number of ketones is 1. The number of imidazole rings is 1.